The van der Waals surface area contributed by atoms with E-state index in [-0.39, 0.29) is 30.5 Å². The number of nitrogens with one attached hydrogen (secondary N) is 2. The minimum atomic E-state index is -0.537. The first kappa shape index (κ1) is 20.2. The van der Waals surface area contributed by atoms with Gasteiger partial charge in [0, 0.05) is 24.6 Å². The summed E-state index contributed by atoms with van der Waals surface area (Å²) in [5, 5.41) is 35.6. The molecule has 0 bridgehead atoms. The largest absolute Gasteiger partial charge is 0.396 e. The summed E-state index contributed by atoms with van der Waals surface area (Å²) in [6.45, 7) is 0.111. The quantitative estimate of drug-likeness (QED) is 0.321. The smallest absolute Gasteiger partial charge is 0.353 e. The molecular weight excluding hydrogens is 374 g/mol. The molecule has 0 atom stereocenters. The molecule has 29 heavy (non-hydrogen) atoms. The van der Waals surface area contributed by atoms with E-state index >= 15 is 0 Å². The van der Waals surface area contributed by atoms with E-state index in [1.807, 2.05) is 24.3 Å². The van der Waals surface area contributed by atoms with Gasteiger partial charge in [-0.1, -0.05) is 24.3 Å². The Hall–Kier alpha value is -3.56. The van der Waals surface area contributed by atoms with Crippen molar-refractivity contribution >= 4 is 28.7 Å². The van der Waals surface area contributed by atoms with Gasteiger partial charge in [0.25, 0.3) is 0 Å². The van der Waals surface area contributed by atoms with E-state index in [1.54, 1.807) is 24.3 Å². The Balaban J connectivity index is 1.84. The minimum absolute atomic E-state index is 0.0557. The van der Waals surface area contributed by atoms with Gasteiger partial charge in [0.15, 0.2) is 0 Å². The molecule has 4 N–H and O–H groups in total. The van der Waals surface area contributed by atoms with Crippen LogP contribution in [0.2, 0.25) is 0 Å². The molecular formula is C20H21N5O4. The lowest BCUT2D eigenvalue weighted by Gasteiger charge is -2.11. The third-order valence-electron chi connectivity index (χ3n) is 4.24. The molecule has 1 aromatic heterocycles. The van der Waals surface area contributed by atoms with E-state index in [4.69, 9.17) is 10.2 Å². The summed E-state index contributed by atoms with van der Waals surface area (Å²) in [5.41, 5.74) is 2.91. The van der Waals surface area contributed by atoms with Crippen molar-refractivity contribution in [2.45, 2.75) is 12.8 Å². The number of nitro groups is 1. The molecule has 0 aliphatic carbocycles. The lowest BCUT2D eigenvalue weighted by molar-refractivity contribution is -0.383. The number of benzene rings is 2. The standard InChI is InChI=1S/C20H21N5O4/c26-11-9-14-1-5-16(6-2-14)23-19-18(25(28)29)20(22-13-21-19)24-17-7-3-15(4-8-17)10-12-27/h1-8,13,26-27H,9-12H2,(H2,21,22,23,24). The van der Waals surface area contributed by atoms with Crippen molar-refractivity contribution in [3.8, 4) is 0 Å². The van der Waals surface area contributed by atoms with Crippen LogP contribution in [0.3, 0.4) is 0 Å². The number of rotatable bonds is 9. The van der Waals surface area contributed by atoms with Crippen LogP contribution in [0.25, 0.3) is 0 Å². The van der Waals surface area contributed by atoms with Crippen LogP contribution in [-0.2, 0) is 12.8 Å². The summed E-state index contributed by atoms with van der Waals surface area (Å²) in [6.07, 6.45) is 2.33. The molecule has 0 radical (unpaired) electrons. The summed E-state index contributed by atoms with van der Waals surface area (Å²) < 4.78 is 0. The van der Waals surface area contributed by atoms with Crippen molar-refractivity contribution in [2.75, 3.05) is 23.8 Å². The molecule has 9 heteroatoms. The Labute approximate surface area is 167 Å². The third-order valence-corrected chi connectivity index (χ3v) is 4.24. The fourth-order valence-electron chi connectivity index (χ4n) is 2.78. The van der Waals surface area contributed by atoms with Crippen LogP contribution in [0.4, 0.5) is 28.7 Å². The highest BCUT2D eigenvalue weighted by Crippen LogP contribution is 2.33. The molecule has 3 aromatic rings. The zero-order valence-corrected chi connectivity index (χ0v) is 15.6. The average molecular weight is 395 g/mol. The van der Waals surface area contributed by atoms with Crippen LogP contribution in [0.5, 0.6) is 0 Å². The molecule has 0 fully saturated rings. The van der Waals surface area contributed by atoms with Crippen molar-refractivity contribution in [3.63, 3.8) is 0 Å². The molecule has 0 spiro atoms. The van der Waals surface area contributed by atoms with Crippen LogP contribution in [0.1, 0.15) is 11.1 Å². The number of aromatic nitrogens is 2. The molecule has 1 heterocycles. The maximum absolute atomic E-state index is 11.7. The number of aliphatic hydroxyl groups excluding tert-OH is 2. The number of nitrogens with zero attached hydrogens (tertiary/aromatic N) is 3. The molecule has 3 rings (SSSR count). The van der Waals surface area contributed by atoms with Gasteiger partial charge in [0.1, 0.15) is 6.33 Å². The third kappa shape index (κ3) is 5.24. The Bertz CT molecular complexity index is 892. The maximum atomic E-state index is 11.7. The zero-order valence-electron chi connectivity index (χ0n) is 15.6. The van der Waals surface area contributed by atoms with E-state index in [0.29, 0.717) is 24.2 Å². The number of hydrogen-bond donors (Lipinski definition) is 4. The zero-order chi connectivity index (χ0) is 20.6. The van der Waals surface area contributed by atoms with Crippen molar-refractivity contribution in [1.82, 2.24) is 9.97 Å². The lowest BCUT2D eigenvalue weighted by atomic mass is 10.1. The molecule has 0 saturated carbocycles. The van der Waals surface area contributed by atoms with E-state index in [0.717, 1.165) is 11.1 Å². The number of aliphatic hydroxyl groups is 2. The Morgan fingerprint density at radius 3 is 1.55 bits per heavy atom. The lowest BCUT2D eigenvalue weighted by Crippen LogP contribution is -2.05. The highest BCUT2D eigenvalue weighted by Gasteiger charge is 2.23. The van der Waals surface area contributed by atoms with Crippen molar-refractivity contribution in [1.29, 1.82) is 0 Å². The minimum Gasteiger partial charge on any atom is -0.396 e. The predicted molar refractivity (Wildman–Crippen MR) is 110 cm³/mol. The monoisotopic (exact) mass is 395 g/mol. The van der Waals surface area contributed by atoms with Gasteiger partial charge in [0.2, 0.25) is 11.6 Å². The van der Waals surface area contributed by atoms with Crippen LogP contribution in [0.15, 0.2) is 54.9 Å². The first-order valence-corrected chi connectivity index (χ1v) is 9.03. The van der Waals surface area contributed by atoms with Crippen LogP contribution >= 0.6 is 0 Å². The summed E-state index contributed by atoms with van der Waals surface area (Å²) in [4.78, 5) is 19.2. The highest BCUT2D eigenvalue weighted by molar-refractivity contribution is 5.76. The van der Waals surface area contributed by atoms with Gasteiger partial charge in [-0.15, -0.1) is 0 Å². The fourth-order valence-corrected chi connectivity index (χ4v) is 2.78. The number of anilines is 4. The average Bonchev–Trinajstić information content (AvgIpc) is 2.71. The number of hydrogen-bond acceptors (Lipinski definition) is 8. The molecule has 0 amide bonds. The summed E-state index contributed by atoms with van der Waals surface area (Å²) in [6, 6.07) is 14.4. The van der Waals surface area contributed by atoms with Crippen molar-refractivity contribution in [3.05, 3.63) is 76.1 Å². The highest BCUT2D eigenvalue weighted by atomic mass is 16.6. The summed E-state index contributed by atoms with van der Waals surface area (Å²) in [5.74, 6) is 0.138. The molecule has 150 valence electrons. The van der Waals surface area contributed by atoms with E-state index < -0.39 is 4.92 Å². The topological polar surface area (TPSA) is 133 Å². The van der Waals surface area contributed by atoms with Gasteiger partial charge in [-0.2, -0.15) is 0 Å². The summed E-state index contributed by atoms with van der Waals surface area (Å²) in [7, 11) is 0. The normalized spacial score (nSPS) is 10.6. The van der Waals surface area contributed by atoms with Gasteiger partial charge in [-0.3, -0.25) is 10.1 Å². The van der Waals surface area contributed by atoms with Gasteiger partial charge in [-0.05, 0) is 48.2 Å². The van der Waals surface area contributed by atoms with Crippen molar-refractivity contribution in [2.24, 2.45) is 0 Å². The summed E-state index contributed by atoms with van der Waals surface area (Å²) >= 11 is 0. The van der Waals surface area contributed by atoms with Crippen LogP contribution in [0, 0.1) is 10.1 Å². The van der Waals surface area contributed by atoms with Gasteiger partial charge in [0.05, 0.1) is 4.92 Å². The van der Waals surface area contributed by atoms with E-state index in [2.05, 4.69) is 20.6 Å². The molecule has 0 aliphatic heterocycles. The first-order valence-electron chi connectivity index (χ1n) is 9.03. The Morgan fingerprint density at radius 1 is 0.793 bits per heavy atom. The van der Waals surface area contributed by atoms with Gasteiger partial charge < -0.3 is 20.8 Å². The molecule has 0 unspecified atom stereocenters. The van der Waals surface area contributed by atoms with E-state index in [1.165, 1.54) is 6.33 Å². The van der Waals surface area contributed by atoms with Gasteiger partial charge in [-0.25, -0.2) is 9.97 Å². The van der Waals surface area contributed by atoms with Crippen LogP contribution in [-0.4, -0.2) is 38.3 Å². The van der Waals surface area contributed by atoms with Gasteiger partial charge >= 0.3 is 5.69 Å². The maximum Gasteiger partial charge on any atom is 0.353 e. The molecule has 0 saturated heterocycles. The first-order chi connectivity index (χ1) is 14.1. The Morgan fingerprint density at radius 2 is 1.21 bits per heavy atom. The predicted octanol–water partition coefficient (Wildman–Crippen LogP) is 2.94. The fraction of sp³-hybridized carbons (Fsp3) is 0.200. The Kier molecular flexibility index (Phi) is 6.67. The molecule has 9 nitrogen and oxygen atoms in total. The van der Waals surface area contributed by atoms with Crippen LogP contribution < -0.4 is 10.6 Å². The second kappa shape index (κ2) is 9.58. The van der Waals surface area contributed by atoms with Crippen molar-refractivity contribution < 1.29 is 15.1 Å². The second-order valence-electron chi connectivity index (χ2n) is 6.27. The second-order valence-corrected chi connectivity index (χ2v) is 6.27. The molecule has 2 aromatic carbocycles. The van der Waals surface area contributed by atoms with E-state index in [9.17, 15) is 10.1 Å². The SMILES string of the molecule is O=[N+]([O-])c1c(Nc2ccc(CCO)cc2)ncnc1Nc1ccc(CCO)cc1. The molecule has 0 aliphatic rings.